The molecule has 4 rings (SSSR count). The van der Waals surface area contributed by atoms with Crippen LogP contribution in [0, 0.1) is 5.82 Å². The molecule has 3 heterocycles. The standard InChI is InChI=1S/C20H22FN5O2/c1-25(2)20-17(21)11-22-19(23-20)15-5-3-4-14(10-15)18-6-7-26(24-18)12-16-13-27-8-9-28-16/h3-7,10-11,16H,8-9,12-13H2,1-2H3/t16-/m0/s1. The molecular weight excluding hydrogens is 361 g/mol. The third-order valence-corrected chi connectivity index (χ3v) is 4.48. The molecule has 2 aromatic heterocycles. The van der Waals surface area contributed by atoms with Crippen LogP contribution >= 0.6 is 0 Å². The van der Waals surface area contributed by atoms with E-state index in [4.69, 9.17) is 9.47 Å². The van der Waals surface area contributed by atoms with E-state index >= 15 is 0 Å². The van der Waals surface area contributed by atoms with Gasteiger partial charge in [-0.3, -0.25) is 4.68 Å². The average Bonchev–Trinajstić information content (AvgIpc) is 3.17. The summed E-state index contributed by atoms with van der Waals surface area (Å²) in [6.07, 6.45) is 3.15. The summed E-state index contributed by atoms with van der Waals surface area (Å²) < 4.78 is 26.9. The highest BCUT2D eigenvalue weighted by Crippen LogP contribution is 2.25. The molecule has 3 aromatic rings. The molecule has 146 valence electrons. The van der Waals surface area contributed by atoms with Crippen LogP contribution in [0.3, 0.4) is 0 Å². The van der Waals surface area contributed by atoms with Gasteiger partial charge < -0.3 is 14.4 Å². The summed E-state index contributed by atoms with van der Waals surface area (Å²) in [7, 11) is 3.50. The van der Waals surface area contributed by atoms with Crippen LogP contribution in [-0.4, -0.2) is 59.8 Å². The minimum Gasteiger partial charge on any atom is -0.376 e. The Kier molecular flexibility index (Phi) is 5.31. The molecule has 1 aliphatic heterocycles. The summed E-state index contributed by atoms with van der Waals surface area (Å²) in [5, 5.41) is 4.64. The van der Waals surface area contributed by atoms with E-state index in [0.717, 1.165) is 16.8 Å². The van der Waals surface area contributed by atoms with Gasteiger partial charge in [0, 0.05) is 31.4 Å². The van der Waals surface area contributed by atoms with E-state index in [1.165, 1.54) is 6.20 Å². The summed E-state index contributed by atoms with van der Waals surface area (Å²) in [5.74, 6) is 0.283. The van der Waals surface area contributed by atoms with Crippen LogP contribution in [0.4, 0.5) is 10.2 Å². The van der Waals surface area contributed by atoms with Crippen LogP contribution in [0.15, 0.2) is 42.7 Å². The van der Waals surface area contributed by atoms with Crippen molar-refractivity contribution >= 4 is 5.82 Å². The Morgan fingerprint density at radius 2 is 2.07 bits per heavy atom. The molecule has 0 aliphatic carbocycles. The van der Waals surface area contributed by atoms with Crippen molar-refractivity contribution in [1.82, 2.24) is 19.7 Å². The van der Waals surface area contributed by atoms with Gasteiger partial charge in [0.15, 0.2) is 17.5 Å². The Hall–Kier alpha value is -2.84. The fourth-order valence-corrected chi connectivity index (χ4v) is 3.10. The predicted octanol–water partition coefficient (Wildman–Crippen LogP) is 2.63. The number of hydrogen-bond acceptors (Lipinski definition) is 6. The molecule has 1 fully saturated rings. The fraction of sp³-hybridized carbons (Fsp3) is 0.350. The number of halogens is 1. The van der Waals surface area contributed by atoms with Crippen LogP contribution in [0.1, 0.15) is 0 Å². The second kappa shape index (κ2) is 8.04. The first kappa shape index (κ1) is 18.5. The Balaban J connectivity index is 1.57. The van der Waals surface area contributed by atoms with Gasteiger partial charge >= 0.3 is 0 Å². The first-order chi connectivity index (χ1) is 13.6. The first-order valence-corrected chi connectivity index (χ1v) is 9.13. The Morgan fingerprint density at radius 1 is 1.21 bits per heavy atom. The van der Waals surface area contributed by atoms with E-state index < -0.39 is 5.82 Å². The largest absolute Gasteiger partial charge is 0.376 e. The molecule has 0 amide bonds. The maximum Gasteiger partial charge on any atom is 0.183 e. The lowest BCUT2D eigenvalue weighted by Gasteiger charge is -2.22. The van der Waals surface area contributed by atoms with Gasteiger partial charge in [0.25, 0.3) is 0 Å². The van der Waals surface area contributed by atoms with Crippen molar-refractivity contribution in [1.29, 1.82) is 0 Å². The van der Waals surface area contributed by atoms with Gasteiger partial charge in [-0.15, -0.1) is 0 Å². The number of anilines is 1. The van der Waals surface area contributed by atoms with Gasteiger partial charge in [-0.25, -0.2) is 14.4 Å². The van der Waals surface area contributed by atoms with Crippen LogP contribution < -0.4 is 4.90 Å². The van der Waals surface area contributed by atoms with Crippen LogP contribution in [-0.2, 0) is 16.0 Å². The van der Waals surface area contributed by atoms with E-state index in [9.17, 15) is 4.39 Å². The molecule has 0 unspecified atom stereocenters. The number of nitrogens with zero attached hydrogens (tertiary/aromatic N) is 5. The third-order valence-electron chi connectivity index (χ3n) is 4.48. The van der Waals surface area contributed by atoms with Crippen LogP contribution in [0.25, 0.3) is 22.6 Å². The molecule has 8 heteroatoms. The second-order valence-electron chi connectivity index (χ2n) is 6.83. The average molecular weight is 383 g/mol. The van der Waals surface area contributed by atoms with Crippen LogP contribution in [0.2, 0.25) is 0 Å². The van der Waals surface area contributed by atoms with Gasteiger partial charge in [0.1, 0.15) is 6.10 Å². The van der Waals surface area contributed by atoms with E-state index in [0.29, 0.717) is 32.2 Å². The molecule has 28 heavy (non-hydrogen) atoms. The summed E-state index contributed by atoms with van der Waals surface area (Å²) in [6.45, 7) is 2.50. The van der Waals surface area contributed by atoms with Crippen molar-refractivity contribution in [3.05, 3.63) is 48.5 Å². The number of ether oxygens (including phenoxy) is 2. The molecule has 0 spiro atoms. The number of benzene rings is 1. The maximum atomic E-state index is 13.9. The zero-order valence-electron chi connectivity index (χ0n) is 15.9. The van der Waals surface area contributed by atoms with Crippen molar-refractivity contribution in [3.63, 3.8) is 0 Å². The van der Waals surface area contributed by atoms with Crippen molar-refractivity contribution < 1.29 is 13.9 Å². The Labute approximate surface area is 162 Å². The quantitative estimate of drug-likeness (QED) is 0.675. The van der Waals surface area contributed by atoms with E-state index in [1.54, 1.807) is 19.0 Å². The highest BCUT2D eigenvalue weighted by molar-refractivity contribution is 5.68. The topological polar surface area (TPSA) is 65.3 Å². The van der Waals surface area contributed by atoms with Gasteiger partial charge in [-0.2, -0.15) is 5.10 Å². The molecule has 1 aromatic carbocycles. The van der Waals surface area contributed by atoms with Gasteiger partial charge in [-0.1, -0.05) is 18.2 Å². The minimum absolute atomic E-state index is 0.0184. The molecular formula is C20H22FN5O2. The molecule has 0 bridgehead atoms. The van der Waals surface area contributed by atoms with Crippen molar-refractivity contribution in [3.8, 4) is 22.6 Å². The lowest BCUT2D eigenvalue weighted by Crippen LogP contribution is -2.32. The molecule has 1 atom stereocenters. The Morgan fingerprint density at radius 3 is 2.86 bits per heavy atom. The first-order valence-electron chi connectivity index (χ1n) is 9.13. The van der Waals surface area contributed by atoms with Gasteiger partial charge in [-0.05, 0) is 12.1 Å². The molecule has 0 saturated carbocycles. The monoisotopic (exact) mass is 383 g/mol. The SMILES string of the molecule is CN(C)c1nc(-c2cccc(-c3ccn(C[C@H]4COCCO4)n3)c2)ncc1F. The van der Waals surface area contributed by atoms with E-state index in [2.05, 4.69) is 15.1 Å². The van der Waals surface area contributed by atoms with Crippen molar-refractivity contribution in [2.45, 2.75) is 12.6 Å². The summed E-state index contributed by atoms with van der Waals surface area (Å²) >= 11 is 0. The van der Waals surface area contributed by atoms with Gasteiger partial charge in [0.2, 0.25) is 0 Å². The highest BCUT2D eigenvalue weighted by Gasteiger charge is 2.16. The number of hydrogen-bond donors (Lipinski definition) is 0. The maximum absolute atomic E-state index is 13.9. The van der Waals surface area contributed by atoms with E-state index in [1.807, 2.05) is 41.2 Å². The molecule has 0 radical (unpaired) electrons. The number of rotatable bonds is 5. The van der Waals surface area contributed by atoms with Crippen LogP contribution in [0.5, 0.6) is 0 Å². The highest BCUT2D eigenvalue weighted by atomic mass is 19.1. The van der Waals surface area contributed by atoms with Gasteiger partial charge in [0.05, 0.1) is 38.3 Å². The van der Waals surface area contributed by atoms with E-state index in [-0.39, 0.29) is 11.9 Å². The summed E-state index contributed by atoms with van der Waals surface area (Å²) in [5.41, 5.74) is 2.59. The summed E-state index contributed by atoms with van der Waals surface area (Å²) in [6, 6.07) is 9.72. The fourth-order valence-electron chi connectivity index (χ4n) is 3.10. The molecule has 1 saturated heterocycles. The summed E-state index contributed by atoms with van der Waals surface area (Å²) in [4.78, 5) is 10.1. The smallest absolute Gasteiger partial charge is 0.183 e. The van der Waals surface area contributed by atoms with Crippen molar-refractivity contribution in [2.24, 2.45) is 0 Å². The molecule has 7 nitrogen and oxygen atoms in total. The predicted molar refractivity (Wildman–Crippen MR) is 104 cm³/mol. The molecule has 0 N–H and O–H groups in total. The van der Waals surface area contributed by atoms with Crippen molar-refractivity contribution in [2.75, 3.05) is 38.8 Å². The zero-order chi connectivity index (χ0) is 19.5. The normalized spacial score (nSPS) is 16.9. The second-order valence-corrected chi connectivity index (χ2v) is 6.83. The number of aromatic nitrogens is 4. The molecule has 1 aliphatic rings. The zero-order valence-corrected chi connectivity index (χ0v) is 15.9. The third kappa shape index (κ3) is 4.02. The minimum atomic E-state index is -0.447. The Bertz CT molecular complexity index is 953. The lowest BCUT2D eigenvalue weighted by molar-refractivity contribution is -0.0946. The lowest BCUT2D eigenvalue weighted by atomic mass is 10.1.